The Bertz CT molecular complexity index is 106. The molecule has 0 saturated carbocycles. The Morgan fingerprint density at radius 1 is 1.78 bits per heavy atom. The molecule has 0 aromatic heterocycles. The summed E-state index contributed by atoms with van der Waals surface area (Å²) in [6, 6.07) is -0.979. The van der Waals surface area contributed by atoms with Gasteiger partial charge in [0.2, 0.25) is 0 Å². The van der Waals surface area contributed by atoms with Crippen molar-refractivity contribution in [1.29, 1.82) is 0 Å². The van der Waals surface area contributed by atoms with Gasteiger partial charge in [0.05, 0.1) is 0 Å². The van der Waals surface area contributed by atoms with E-state index in [1.807, 2.05) is 0 Å². The Kier molecular flexibility index (Phi) is 8.19. The van der Waals surface area contributed by atoms with Crippen molar-refractivity contribution in [2.24, 2.45) is 5.73 Å². The van der Waals surface area contributed by atoms with Crippen molar-refractivity contribution < 1.29 is 44.3 Å². The number of rotatable bonds is 3. The molecule has 0 saturated heterocycles. The molecule has 0 rings (SSSR count). The van der Waals surface area contributed by atoms with E-state index >= 15 is 0 Å². The van der Waals surface area contributed by atoms with Crippen molar-refractivity contribution in [3.63, 3.8) is 0 Å². The van der Waals surface area contributed by atoms with E-state index in [9.17, 15) is 9.59 Å². The van der Waals surface area contributed by atoms with Crippen LogP contribution < -0.4 is 35.3 Å². The molecule has 0 heterocycles. The van der Waals surface area contributed by atoms with Crippen molar-refractivity contribution >= 4 is 12.3 Å². The van der Waals surface area contributed by atoms with E-state index in [-0.39, 0.29) is 36.0 Å². The van der Waals surface area contributed by atoms with Crippen LogP contribution in [0.15, 0.2) is 0 Å². The molecule has 5 heteroatoms. The van der Waals surface area contributed by atoms with Crippen LogP contribution in [0.5, 0.6) is 0 Å². The molecule has 0 aromatic carbocycles. The molecule has 0 amide bonds. The Morgan fingerprint density at radius 3 is 2.33 bits per heavy atom. The van der Waals surface area contributed by atoms with Gasteiger partial charge in [0.15, 0.2) is 0 Å². The minimum Gasteiger partial charge on any atom is -0.540 e. The summed E-state index contributed by atoms with van der Waals surface area (Å²) in [5.41, 5.74) is 4.87. The van der Waals surface area contributed by atoms with Crippen molar-refractivity contribution in [1.82, 2.24) is 0 Å². The fraction of sp³-hybridized carbons (Fsp3) is 0.500. The van der Waals surface area contributed by atoms with Crippen LogP contribution in [0.4, 0.5) is 0 Å². The second kappa shape index (κ2) is 6.22. The van der Waals surface area contributed by atoms with Gasteiger partial charge in [-0.1, -0.05) is 6.04 Å². The Labute approximate surface area is 74.7 Å². The largest absolute Gasteiger partial charge is 1.00 e. The molecule has 0 aliphatic rings. The first-order valence-electron chi connectivity index (χ1n) is 2.02. The van der Waals surface area contributed by atoms with Crippen molar-refractivity contribution in [3.8, 4) is 0 Å². The first-order chi connectivity index (χ1) is 3.66. The van der Waals surface area contributed by atoms with Gasteiger partial charge in [-0.15, -0.1) is 0 Å². The molecule has 1 atom stereocenters. The van der Waals surface area contributed by atoms with Crippen molar-refractivity contribution in [2.75, 3.05) is 0 Å². The molecular weight excluding hydrogens is 133 g/mol. The van der Waals surface area contributed by atoms with Gasteiger partial charge in [0.25, 0.3) is 0 Å². The quantitative estimate of drug-likeness (QED) is 0.307. The summed E-state index contributed by atoms with van der Waals surface area (Å²) < 4.78 is 0. The maximum Gasteiger partial charge on any atom is 1.00 e. The molecule has 0 aliphatic carbocycles. The fourth-order valence-electron chi connectivity index (χ4n) is 0.230. The van der Waals surface area contributed by atoms with E-state index in [1.165, 1.54) is 6.29 Å². The van der Waals surface area contributed by atoms with E-state index in [0.29, 0.717) is 0 Å². The molecule has 0 fully saturated rings. The molecule has 0 aliphatic heterocycles. The first kappa shape index (κ1) is 11.8. The maximum absolute atomic E-state index is 9.71. The van der Waals surface area contributed by atoms with Gasteiger partial charge < -0.3 is 15.6 Å². The van der Waals surface area contributed by atoms with E-state index in [2.05, 4.69) is 0 Å². The molecule has 0 unspecified atom stereocenters. The third-order valence-electron chi connectivity index (χ3n) is 0.546. The van der Waals surface area contributed by atoms with E-state index < -0.39 is 12.0 Å². The number of carbonyl (C=O) groups excluding carboxylic acids is 1. The summed E-state index contributed by atoms with van der Waals surface area (Å²) >= 11 is 0. The summed E-state index contributed by atoms with van der Waals surface area (Å²) in [5, 5.41) is 7.96. The Balaban J connectivity index is 0. The van der Waals surface area contributed by atoms with Gasteiger partial charge in [-0.25, -0.2) is 6.29 Å². The van der Waals surface area contributed by atoms with Gasteiger partial charge in [-0.05, 0) is 0 Å². The van der Waals surface area contributed by atoms with Gasteiger partial charge in [-0.3, -0.25) is 4.79 Å². The van der Waals surface area contributed by atoms with Crippen LogP contribution in [0.1, 0.15) is 6.42 Å². The second-order valence-electron chi connectivity index (χ2n) is 1.32. The zero-order chi connectivity index (χ0) is 6.57. The molecule has 0 bridgehead atoms. The van der Waals surface area contributed by atoms with Crippen LogP contribution in [-0.2, 0) is 9.59 Å². The predicted molar refractivity (Wildman–Crippen MR) is 25.9 cm³/mol. The van der Waals surface area contributed by atoms with Crippen LogP contribution in [-0.4, -0.2) is 23.4 Å². The third kappa shape index (κ3) is 8.10. The molecule has 0 aromatic rings. The Morgan fingerprint density at radius 2 is 2.22 bits per heavy atom. The summed E-state index contributed by atoms with van der Waals surface area (Å²) in [6.45, 7) is 0. The zero-order valence-corrected chi connectivity index (χ0v) is 7.13. The molecule has 3 N–H and O–H groups in total. The summed E-state index contributed by atoms with van der Waals surface area (Å²) in [7, 11) is 0. The average Bonchev–Trinajstić information content (AvgIpc) is 1.65. The third-order valence-corrected chi connectivity index (χ3v) is 0.546. The fourth-order valence-corrected chi connectivity index (χ4v) is 0.230. The molecule has 4 nitrogen and oxygen atoms in total. The van der Waals surface area contributed by atoms with E-state index in [0.717, 1.165) is 0 Å². The van der Waals surface area contributed by atoms with Crippen molar-refractivity contribution in [3.05, 3.63) is 0 Å². The number of carboxylic acid groups (broad SMARTS) is 1. The monoisotopic (exact) mass is 139 g/mol. The number of nitrogens with two attached hydrogens (primary N) is 1. The number of carboxylic acids is 1. The van der Waals surface area contributed by atoms with Gasteiger partial charge in [0.1, 0.15) is 0 Å². The number of carbonyl (C=O) groups is 1. The summed E-state index contributed by atoms with van der Waals surface area (Å²) in [4.78, 5) is 19.2. The van der Waals surface area contributed by atoms with Crippen LogP contribution in [0.25, 0.3) is 0 Å². The van der Waals surface area contributed by atoms with E-state index in [1.54, 1.807) is 0 Å². The van der Waals surface area contributed by atoms with Crippen LogP contribution in [0, 0.1) is 0 Å². The zero-order valence-electron chi connectivity index (χ0n) is 5.13. The van der Waals surface area contributed by atoms with Crippen LogP contribution >= 0.6 is 0 Å². The number of hydrogen-bond donors (Lipinski definition) is 2. The van der Waals surface area contributed by atoms with Crippen molar-refractivity contribution in [2.45, 2.75) is 12.5 Å². The molecular formula is C4H6NNaO3. The summed E-state index contributed by atoms with van der Waals surface area (Å²) in [6.07, 6.45) is 0.999. The molecule has 46 valence electrons. The predicted octanol–water partition coefficient (Wildman–Crippen LogP) is -4.10. The van der Waals surface area contributed by atoms with Gasteiger partial charge in [-0.2, -0.15) is 0 Å². The minimum absolute atomic E-state index is 0. The molecule has 9 heavy (non-hydrogen) atoms. The minimum atomic E-state index is -1.08. The normalized spacial score (nSPS) is 11.2. The molecule has 0 radical (unpaired) electrons. The smallest absolute Gasteiger partial charge is 0.540 e. The van der Waals surface area contributed by atoms with Crippen LogP contribution in [0.2, 0.25) is 0 Å². The standard InChI is InChI=1S/C4H6NO3.Na/c5-3(2-6)1-4(7)8;/h3H,1,5H2,(H,7,8);/q-1;+1/t3-;/m0./s1. The average molecular weight is 139 g/mol. The Hall–Kier alpha value is 0.100. The molecule has 0 spiro atoms. The second-order valence-corrected chi connectivity index (χ2v) is 1.32. The number of aliphatic carboxylic acids is 1. The SMILES string of the molecule is N[C@H]([C-]=O)CC(=O)O.[Na+]. The topological polar surface area (TPSA) is 80.4 Å². The van der Waals surface area contributed by atoms with E-state index in [4.69, 9.17) is 10.8 Å². The maximum atomic E-state index is 9.71. The number of hydrogen-bond acceptors (Lipinski definition) is 3. The summed E-state index contributed by atoms with van der Waals surface area (Å²) in [5.74, 6) is -1.08. The van der Waals surface area contributed by atoms with Gasteiger partial charge >= 0.3 is 35.5 Å². The van der Waals surface area contributed by atoms with Crippen LogP contribution in [0.3, 0.4) is 0 Å². The van der Waals surface area contributed by atoms with Gasteiger partial charge in [0, 0.05) is 6.42 Å². The first-order valence-corrected chi connectivity index (χ1v) is 2.02.